The molecule has 0 aliphatic heterocycles. The second-order valence-corrected chi connectivity index (χ2v) is 10.2. The Balaban J connectivity index is 1.28. The molecule has 4 bridgehead atoms. The van der Waals surface area contributed by atoms with Crippen molar-refractivity contribution in [2.45, 2.75) is 55.9 Å². The number of nitrogens with zero attached hydrogens (tertiary/aromatic N) is 2. The lowest BCUT2D eigenvalue weighted by molar-refractivity contribution is -0.143. The number of hydrogen-bond acceptors (Lipinski definition) is 6. The van der Waals surface area contributed by atoms with Crippen LogP contribution < -0.4 is 4.74 Å². The van der Waals surface area contributed by atoms with Gasteiger partial charge in [0, 0.05) is 11.0 Å². The molecule has 0 saturated heterocycles. The Bertz CT molecular complexity index is 841. The van der Waals surface area contributed by atoms with E-state index in [1.54, 1.807) is 7.11 Å². The van der Waals surface area contributed by atoms with Crippen molar-refractivity contribution in [3.8, 4) is 17.2 Å². The normalized spacial score (nSPS) is 31.7. The number of ketones is 1. The van der Waals surface area contributed by atoms with E-state index in [-0.39, 0.29) is 10.7 Å². The van der Waals surface area contributed by atoms with Crippen LogP contribution in [0.3, 0.4) is 0 Å². The fourth-order valence-corrected chi connectivity index (χ4v) is 7.03. The van der Waals surface area contributed by atoms with E-state index >= 15 is 0 Å². The van der Waals surface area contributed by atoms with Gasteiger partial charge in [-0.25, -0.2) is 0 Å². The summed E-state index contributed by atoms with van der Waals surface area (Å²) in [4.78, 5) is 13.4. The van der Waals surface area contributed by atoms with Crippen LogP contribution in [0.15, 0.2) is 33.9 Å². The Morgan fingerprint density at radius 1 is 1.11 bits per heavy atom. The summed E-state index contributed by atoms with van der Waals surface area (Å²) < 4.78 is 11.0. The quantitative estimate of drug-likeness (QED) is 0.637. The molecule has 1 aromatic carbocycles. The van der Waals surface area contributed by atoms with Crippen molar-refractivity contribution in [1.82, 2.24) is 10.2 Å². The Morgan fingerprint density at radius 2 is 1.71 bits per heavy atom. The first-order chi connectivity index (χ1) is 13.5. The highest BCUT2D eigenvalue weighted by Crippen LogP contribution is 2.61. The molecule has 1 aromatic heterocycles. The second kappa shape index (κ2) is 6.90. The minimum Gasteiger partial charge on any atom is -0.497 e. The predicted octanol–water partition coefficient (Wildman–Crippen LogP) is 5.01. The maximum Gasteiger partial charge on any atom is 0.277 e. The van der Waals surface area contributed by atoms with Gasteiger partial charge in [-0.1, -0.05) is 11.8 Å². The van der Waals surface area contributed by atoms with Crippen LogP contribution >= 0.6 is 11.8 Å². The van der Waals surface area contributed by atoms with Crippen molar-refractivity contribution in [1.29, 1.82) is 0 Å². The van der Waals surface area contributed by atoms with E-state index in [2.05, 4.69) is 10.2 Å². The zero-order chi connectivity index (χ0) is 19.3. The number of aromatic nitrogens is 2. The molecule has 0 spiro atoms. The molecular weight excluding hydrogens is 372 g/mol. The summed E-state index contributed by atoms with van der Waals surface area (Å²) in [5.41, 5.74) is 0.764. The molecule has 0 N–H and O–H groups in total. The molecule has 5 nitrogen and oxygen atoms in total. The average Bonchev–Trinajstić information content (AvgIpc) is 3.15. The van der Waals surface area contributed by atoms with Gasteiger partial charge in [0.1, 0.15) is 5.75 Å². The third kappa shape index (κ3) is 3.15. The lowest BCUT2D eigenvalue weighted by Gasteiger charge is -2.56. The van der Waals surface area contributed by atoms with Crippen molar-refractivity contribution in [3.05, 3.63) is 24.3 Å². The van der Waals surface area contributed by atoms with Crippen LogP contribution in [0, 0.1) is 23.2 Å². The lowest BCUT2D eigenvalue weighted by Crippen LogP contribution is -2.51. The highest BCUT2D eigenvalue weighted by Gasteiger charge is 2.55. The number of hydrogen-bond donors (Lipinski definition) is 0. The van der Waals surface area contributed by atoms with Gasteiger partial charge in [0.25, 0.3) is 5.22 Å². The fourth-order valence-electron chi connectivity index (χ4n) is 6.16. The zero-order valence-electron chi connectivity index (χ0n) is 16.4. The molecule has 28 heavy (non-hydrogen) atoms. The maximum atomic E-state index is 13.4. The van der Waals surface area contributed by atoms with Gasteiger partial charge in [0.15, 0.2) is 5.78 Å². The number of thioether (sulfide) groups is 1. The molecule has 4 aliphatic carbocycles. The van der Waals surface area contributed by atoms with Gasteiger partial charge in [0.2, 0.25) is 5.89 Å². The zero-order valence-corrected chi connectivity index (χ0v) is 17.2. The molecule has 2 aromatic rings. The van der Waals surface area contributed by atoms with E-state index in [0.29, 0.717) is 16.9 Å². The van der Waals surface area contributed by atoms with Crippen molar-refractivity contribution < 1.29 is 13.9 Å². The Hall–Kier alpha value is -1.82. The highest BCUT2D eigenvalue weighted by molar-refractivity contribution is 8.00. The van der Waals surface area contributed by atoms with Crippen molar-refractivity contribution in [2.75, 3.05) is 7.11 Å². The van der Waals surface area contributed by atoms with Crippen LogP contribution in [-0.4, -0.2) is 28.3 Å². The molecular formula is C22H26N2O3S. The molecule has 6 heteroatoms. The van der Waals surface area contributed by atoms with E-state index < -0.39 is 0 Å². The lowest BCUT2D eigenvalue weighted by atomic mass is 9.48. The van der Waals surface area contributed by atoms with Crippen LogP contribution in [0.1, 0.15) is 45.4 Å². The van der Waals surface area contributed by atoms with E-state index in [9.17, 15) is 4.79 Å². The first-order valence-corrected chi connectivity index (χ1v) is 11.1. The Kier molecular flexibility index (Phi) is 4.49. The number of Topliss-reactive ketones (excluding diaryl/α,β-unsaturated/α-hetero) is 1. The summed E-state index contributed by atoms with van der Waals surface area (Å²) in [5, 5.41) is 8.64. The predicted molar refractivity (Wildman–Crippen MR) is 107 cm³/mol. The van der Waals surface area contributed by atoms with Gasteiger partial charge >= 0.3 is 0 Å². The number of ether oxygens (including phenoxy) is 1. The van der Waals surface area contributed by atoms with Crippen LogP contribution in [0.2, 0.25) is 0 Å². The molecule has 148 valence electrons. The molecule has 1 atom stereocenters. The van der Waals surface area contributed by atoms with Gasteiger partial charge in [-0.05, 0) is 87.5 Å². The molecule has 1 unspecified atom stereocenters. The number of methoxy groups -OCH3 is 1. The van der Waals surface area contributed by atoms with Crippen LogP contribution in [-0.2, 0) is 4.79 Å². The van der Waals surface area contributed by atoms with E-state index in [4.69, 9.17) is 9.15 Å². The first kappa shape index (κ1) is 18.2. The van der Waals surface area contributed by atoms with Gasteiger partial charge in [-0.3, -0.25) is 4.79 Å². The largest absolute Gasteiger partial charge is 0.497 e. The second-order valence-electron chi connectivity index (χ2n) is 8.92. The minimum absolute atomic E-state index is 0.0833. The van der Waals surface area contributed by atoms with E-state index in [0.717, 1.165) is 48.3 Å². The Labute approximate surface area is 169 Å². The molecule has 4 aliphatic rings. The third-order valence-electron chi connectivity index (χ3n) is 6.95. The number of carbonyl (C=O) groups is 1. The number of rotatable bonds is 6. The van der Waals surface area contributed by atoms with E-state index in [1.165, 1.54) is 31.0 Å². The topological polar surface area (TPSA) is 65.2 Å². The van der Waals surface area contributed by atoms with Crippen molar-refractivity contribution in [3.63, 3.8) is 0 Å². The SMILES string of the molecule is COc1ccc(-c2nnc(SC(C)C(=O)C34CC5CC(CC(C5)C3)C4)o2)cc1. The number of benzene rings is 1. The summed E-state index contributed by atoms with van der Waals surface area (Å²) in [6.07, 6.45) is 7.35. The summed E-state index contributed by atoms with van der Waals surface area (Å²) in [6, 6.07) is 7.52. The minimum atomic E-state index is -0.152. The van der Waals surface area contributed by atoms with Gasteiger partial charge < -0.3 is 9.15 Å². The highest BCUT2D eigenvalue weighted by atomic mass is 32.2. The average molecular weight is 399 g/mol. The van der Waals surface area contributed by atoms with Crippen molar-refractivity contribution >= 4 is 17.5 Å². The van der Waals surface area contributed by atoms with Gasteiger partial charge in [-0.15, -0.1) is 10.2 Å². The Morgan fingerprint density at radius 3 is 2.29 bits per heavy atom. The van der Waals surface area contributed by atoms with Gasteiger partial charge in [0.05, 0.1) is 12.4 Å². The molecule has 4 saturated carbocycles. The molecule has 0 radical (unpaired) electrons. The third-order valence-corrected chi connectivity index (χ3v) is 7.89. The first-order valence-electron chi connectivity index (χ1n) is 10.2. The van der Waals surface area contributed by atoms with Crippen LogP contribution in [0.4, 0.5) is 0 Å². The summed E-state index contributed by atoms with van der Waals surface area (Å²) in [5.74, 6) is 3.99. The standard InChI is InChI=1S/C22H26N2O3S/c1-13(19(25)22-10-14-7-15(11-22)9-16(8-14)12-22)28-21-24-23-20(27-21)17-3-5-18(26-2)6-4-17/h3-6,13-16H,7-12H2,1-2H3. The molecule has 4 fully saturated rings. The molecule has 6 rings (SSSR count). The fraction of sp³-hybridized carbons (Fsp3) is 0.591. The van der Waals surface area contributed by atoms with Crippen LogP contribution in [0.25, 0.3) is 11.5 Å². The summed E-state index contributed by atoms with van der Waals surface area (Å²) >= 11 is 1.41. The number of carbonyl (C=O) groups excluding carboxylic acids is 1. The summed E-state index contributed by atoms with van der Waals surface area (Å²) in [6.45, 7) is 2.00. The van der Waals surface area contributed by atoms with Crippen LogP contribution in [0.5, 0.6) is 5.75 Å². The smallest absolute Gasteiger partial charge is 0.277 e. The molecule has 0 amide bonds. The van der Waals surface area contributed by atoms with E-state index in [1.807, 2.05) is 31.2 Å². The monoisotopic (exact) mass is 398 g/mol. The maximum absolute atomic E-state index is 13.4. The van der Waals surface area contributed by atoms with Crippen molar-refractivity contribution in [2.24, 2.45) is 23.2 Å². The van der Waals surface area contributed by atoms with Gasteiger partial charge in [-0.2, -0.15) is 0 Å². The molecule has 1 heterocycles. The summed E-state index contributed by atoms with van der Waals surface area (Å²) in [7, 11) is 1.64.